The highest BCUT2D eigenvalue weighted by molar-refractivity contribution is 6.30. The van der Waals surface area contributed by atoms with Gasteiger partial charge in [-0.1, -0.05) is 17.7 Å². The molecule has 2 N–H and O–H groups in total. The standard InChI is InChI=1S/C17H23ClN2O3/c18-14-4-1-5-15(11-14)19-16(21)8-10-20-9-2-3-13(12-20)6-7-17(22)23/h1,4-5,11,13H,2-3,6-10,12H2,(H,19,21)(H,22,23). The molecule has 0 radical (unpaired) electrons. The lowest BCUT2D eigenvalue weighted by Crippen LogP contribution is -2.37. The van der Waals surface area contributed by atoms with E-state index >= 15 is 0 Å². The minimum atomic E-state index is -0.733. The number of hydrogen-bond donors (Lipinski definition) is 2. The van der Waals surface area contributed by atoms with Crippen molar-refractivity contribution in [2.75, 3.05) is 25.0 Å². The molecule has 0 aromatic heterocycles. The Bertz CT molecular complexity index is 550. The van der Waals surface area contributed by atoms with Crippen LogP contribution >= 0.6 is 11.6 Å². The number of anilines is 1. The molecule has 0 bridgehead atoms. The minimum Gasteiger partial charge on any atom is -0.481 e. The number of nitrogens with zero attached hydrogens (tertiary/aromatic N) is 1. The lowest BCUT2D eigenvalue weighted by Gasteiger charge is -2.32. The number of carbonyl (C=O) groups is 2. The van der Waals surface area contributed by atoms with E-state index in [9.17, 15) is 9.59 Å². The van der Waals surface area contributed by atoms with E-state index in [1.54, 1.807) is 18.2 Å². The smallest absolute Gasteiger partial charge is 0.303 e. The minimum absolute atomic E-state index is 0.0278. The summed E-state index contributed by atoms with van der Waals surface area (Å²) >= 11 is 5.89. The fourth-order valence-electron chi connectivity index (χ4n) is 2.97. The van der Waals surface area contributed by atoms with Crippen molar-refractivity contribution in [2.24, 2.45) is 5.92 Å². The zero-order valence-corrected chi connectivity index (χ0v) is 13.9. The van der Waals surface area contributed by atoms with E-state index < -0.39 is 5.97 Å². The molecule has 1 heterocycles. The van der Waals surface area contributed by atoms with Crippen LogP contribution in [0.4, 0.5) is 5.69 Å². The van der Waals surface area contributed by atoms with Crippen LogP contribution in [0.2, 0.25) is 5.02 Å². The number of carboxylic acid groups (broad SMARTS) is 1. The van der Waals surface area contributed by atoms with Crippen LogP contribution in [0.1, 0.15) is 32.1 Å². The van der Waals surface area contributed by atoms with Gasteiger partial charge >= 0.3 is 5.97 Å². The second-order valence-corrected chi connectivity index (χ2v) is 6.49. The Morgan fingerprint density at radius 3 is 2.91 bits per heavy atom. The average molecular weight is 339 g/mol. The molecule has 1 amide bonds. The van der Waals surface area contributed by atoms with Crippen LogP contribution in [0.25, 0.3) is 0 Å². The second-order valence-electron chi connectivity index (χ2n) is 6.05. The van der Waals surface area contributed by atoms with Crippen LogP contribution in [-0.4, -0.2) is 41.5 Å². The summed E-state index contributed by atoms with van der Waals surface area (Å²) in [6.45, 7) is 2.57. The summed E-state index contributed by atoms with van der Waals surface area (Å²) < 4.78 is 0. The number of benzene rings is 1. The van der Waals surface area contributed by atoms with E-state index in [0.717, 1.165) is 32.4 Å². The average Bonchev–Trinajstić information content (AvgIpc) is 2.51. The third-order valence-electron chi connectivity index (χ3n) is 4.13. The third-order valence-corrected chi connectivity index (χ3v) is 4.37. The van der Waals surface area contributed by atoms with Crippen molar-refractivity contribution < 1.29 is 14.7 Å². The van der Waals surface area contributed by atoms with Gasteiger partial charge in [-0.25, -0.2) is 0 Å². The van der Waals surface area contributed by atoms with Crippen molar-refractivity contribution in [3.63, 3.8) is 0 Å². The predicted octanol–water partition coefficient (Wildman–Crippen LogP) is 3.25. The quantitative estimate of drug-likeness (QED) is 0.800. The largest absolute Gasteiger partial charge is 0.481 e. The molecule has 1 aliphatic heterocycles. The number of hydrogen-bond acceptors (Lipinski definition) is 3. The summed E-state index contributed by atoms with van der Waals surface area (Å²) in [4.78, 5) is 24.9. The zero-order valence-electron chi connectivity index (χ0n) is 13.1. The van der Waals surface area contributed by atoms with Gasteiger partial charge in [0, 0.05) is 36.6 Å². The summed E-state index contributed by atoms with van der Waals surface area (Å²) in [6.07, 6.45) is 3.53. The fourth-order valence-corrected chi connectivity index (χ4v) is 3.16. The van der Waals surface area contributed by atoms with Crippen molar-refractivity contribution >= 4 is 29.2 Å². The Kier molecular flexibility index (Phi) is 6.86. The SMILES string of the molecule is O=C(O)CCC1CCCN(CCC(=O)Nc2cccc(Cl)c2)C1. The van der Waals surface area contributed by atoms with Crippen LogP contribution < -0.4 is 5.32 Å². The molecule has 126 valence electrons. The molecule has 1 atom stereocenters. The highest BCUT2D eigenvalue weighted by Crippen LogP contribution is 2.21. The maximum Gasteiger partial charge on any atom is 0.303 e. The maximum absolute atomic E-state index is 12.0. The molecular formula is C17H23ClN2O3. The van der Waals surface area contributed by atoms with Crippen LogP contribution in [0.15, 0.2) is 24.3 Å². The summed E-state index contributed by atoms with van der Waals surface area (Å²) in [5.74, 6) is -0.334. The van der Waals surface area contributed by atoms with Gasteiger partial charge in [-0.2, -0.15) is 0 Å². The molecule has 1 aromatic rings. The highest BCUT2D eigenvalue weighted by Gasteiger charge is 2.20. The summed E-state index contributed by atoms with van der Waals surface area (Å²) in [5.41, 5.74) is 0.709. The van der Waals surface area contributed by atoms with Gasteiger partial charge in [0.15, 0.2) is 0 Å². The molecule has 6 heteroatoms. The molecule has 1 saturated heterocycles. The van der Waals surface area contributed by atoms with Gasteiger partial charge in [-0.15, -0.1) is 0 Å². The highest BCUT2D eigenvalue weighted by atomic mass is 35.5. The van der Waals surface area contributed by atoms with Gasteiger partial charge in [-0.3, -0.25) is 9.59 Å². The van der Waals surface area contributed by atoms with E-state index in [0.29, 0.717) is 29.6 Å². The second kappa shape index (κ2) is 8.89. The Labute approximate surface area is 141 Å². The molecule has 23 heavy (non-hydrogen) atoms. The number of aliphatic carboxylic acids is 1. The Morgan fingerprint density at radius 2 is 2.17 bits per heavy atom. The molecule has 1 fully saturated rings. The first-order chi connectivity index (χ1) is 11.0. The van der Waals surface area contributed by atoms with Crippen LogP contribution in [0.3, 0.4) is 0 Å². The number of halogens is 1. The first kappa shape index (κ1) is 17.8. The fraction of sp³-hybridized carbons (Fsp3) is 0.529. The van der Waals surface area contributed by atoms with Crippen molar-refractivity contribution in [3.8, 4) is 0 Å². The number of likely N-dealkylation sites (tertiary alicyclic amines) is 1. The Hall–Kier alpha value is -1.59. The van der Waals surface area contributed by atoms with Gasteiger partial charge in [0.25, 0.3) is 0 Å². The van der Waals surface area contributed by atoms with Crippen molar-refractivity contribution in [2.45, 2.75) is 32.1 Å². The molecule has 0 aliphatic carbocycles. The molecule has 1 unspecified atom stereocenters. The lowest BCUT2D eigenvalue weighted by molar-refractivity contribution is -0.137. The van der Waals surface area contributed by atoms with Crippen LogP contribution in [-0.2, 0) is 9.59 Å². The molecule has 1 aromatic carbocycles. The molecule has 2 rings (SSSR count). The van der Waals surface area contributed by atoms with E-state index in [4.69, 9.17) is 16.7 Å². The van der Waals surface area contributed by atoms with Gasteiger partial charge in [0.05, 0.1) is 0 Å². The molecular weight excluding hydrogens is 316 g/mol. The number of amides is 1. The first-order valence-electron chi connectivity index (χ1n) is 8.02. The summed E-state index contributed by atoms with van der Waals surface area (Å²) in [5, 5.41) is 12.2. The monoisotopic (exact) mass is 338 g/mol. The maximum atomic E-state index is 12.0. The van der Waals surface area contributed by atoms with Crippen molar-refractivity contribution in [1.82, 2.24) is 4.90 Å². The third kappa shape index (κ3) is 6.59. The number of rotatable bonds is 7. The number of carboxylic acids is 1. The summed E-state index contributed by atoms with van der Waals surface area (Å²) in [7, 11) is 0. The molecule has 5 nitrogen and oxygen atoms in total. The van der Waals surface area contributed by atoms with E-state index in [1.807, 2.05) is 6.07 Å². The Morgan fingerprint density at radius 1 is 1.35 bits per heavy atom. The summed E-state index contributed by atoms with van der Waals surface area (Å²) in [6, 6.07) is 7.10. The molecule has 1 aliphatic rings. The molecule has 0 saturated carbocycles. The topological polar surface area (TPSA) is 69.6 Å². The van der Waals surface area contributed by atoms with Gasteiger partial charge in [0.2, 0.25) is 5.91 Å². The number of piperidine rings is 1. The van der Waals surface area contributed by atoms with Gasteiger partial charge in [-0.05, 0) is 49.9 Å². The predicted molar refractivity (Wildman–Crippen MR) is 90.7 cm³/mol. The van der Waals surface area contributed by atoms with E-state index in [2.05, 4.69) is 10.2 Å². The Balaban J connectivity index is 1.72. The van der Waals surface area contributed by atoms with Crippen LogP contribution in [0, 0.1) is 5.92 Å². The van der Waals surface area contributed by atoms with Gasteiger partial charge in [0.1, 0.15) is 0 Å². The number of carbonyl (C=O) groups excluding carboxylic acids is 1. The first-order valence-corrected chi connectivity index (χ1v) is 8.40. The van der Waals surface area contributed by atoms with Gasteiger partial charge < -0.3 is 15.3 Å². The van der Waals surface area contributed by atoms with E-state index in [-0.39, 0.29) is 12.3 Å². The molecule has 0 spiro atoms. The normalized spacial score (nSPS) is 18.6. The van der Waals surface area contributed by atoms with Crippen molar-refractivity contribution in [3.05, 3.63) is 29.3 Å². The number of nitrogens with one attached hydrogen (secondary N) is 1. The van der Waals surface area contributed by atoms with E-state index in [1.165, 1.54) is 0 Å². The zero-order chi connectivity index (χ0) is 16.7. The van der Waals surface area contributed by atoms with Crippen LogP contribution in [0.5, 0.6) is 0 Å². The lowest BCUT2D eigenvalue weighted by atomic mass is 9.93. The van der Waals surface area contributed by atoms with Crippen molar-refractivity contribution in [1.29, 1.82) is 0 Å².